The number of carbonyl (C=O) groups excluding carboxylic acids is 2. The van der Waals surface area contributed by atoms with Crippen LogP contribution >= 0.6 is 0 Å². The standard InChI is InChI=1S/C57H110O12S/c1-3-5-7-9-11-13-15-17-19-21-23-25-26-28-30-32-34-36-38-40-42-44-46-53(59)68-50(48-67-57-56(62)55(61)54(60)51(69-57)49-70(63,64)65)47-66-52(58)45-43-41-39-37-35-33-31-29-27-24-22-20-18-16-14-12-10-8-6-4-2/h50-51,54-57,60-62H,3-49H2,1-2H3,(H,63,64,65). The van der Waals surface area contributed by atoms with Crippen molar-refractivity contribution in [3.63, 3.8) is 0 Å². The van der Waals surface area contributed by atoms with Gasteiger partial charge in [0.05, 0.1) is 6.61 Å². The third-order valence-electron chi connectivity index (χ3n) is 14.2. The molecule has 70 heavy (non-hydrogen) atoms. The van der Waals surface area contributed by atoms with Gasteiger partial charge < -0.3 is 34.3 Å². The third kappa shape index (κ3) is 41.1. The molecule has 1 saturated heterocycles. The van der Waals surface area contributed by atoms with Gasteiger partial charge in [0.1, 0.15) is 36.8 Å². The van der Waals surface area contributed by atoms with Crippen LogP contribution in [0.25, 0.3) is 0 Å². The average molecular weight is 1020 g/mol. The lowest BCUT2D eigenvalue weighted by molar-refractivity contribution is -0.297. The van der Waals surface area contributed by atoms with Crippen molar-refractivity contribution in [2.75, 3.05) is 19.0 Å². The van der Waals surface area contributed by atoms with Crippen molar-refractivity contribution in [1.82, 2.24) is 0 Å². The van der Waals surface area contributed by atoms with E-state index in [1.54, 1.807) is 0 Å². The van der Waals surface area contributed by atoms with Crippen molar-refractivity contribution in [3.05, 3.63) is 0 Å². The molecule has 1 rings (SSSR count). The monoisotopic (exact) mass is 1020 g/mol. The van der Waals surface area contributed by atoms with Gasteiger partial charge in [-0.1, -0.05) is 271 Å². The van der Waals surface area contributed by atoms with E-state index >= 15 is 0 Å². The van der Waals surface area contributed by atoms with Gasteiger partial charge in [-0.2, -0.15) is 8.42 Å². The number of aliphatic hydroxyl groups is 3. The van der Waals surface area contributed by atoms with Crippen LogP contribution in [0.15, 0.2) is 0 Å². The van der Waals surface area contributed by atoms with Gasteiger partial charge in [0.25, 0.3) is 10.1 Å². The van der Waals surface area contributed by atoms with Gasteiger partial charge in [0, 0.05) is 12.8 Å². The van der Waals surface area contributed by atoms with Crippen LogP contribution in [0.4, 0.5) is 0 Å². The Kier molecular flexibility index (Phi) is 45.1. The van der Waals surface area contributed by atoms with Crippen molar-refractivity contribution >= 4 is 22.1 Å². The second kappa shape index (κ2) is 47.4. The molecule has 1 aliphatic heterocycles. The molecule has 0 aliphatic carbocycles. The summed E-state index contributed by atoms with van der Waals surface area (Å²) < 4.78 is 54.4. The Morgan fingerprint density at radius 3 is 1.04 bits per heavy atom. The van der Waals surface area contributed by atoms with Crippen LogP contribution in [0, 0.1) is 0 Å². The van der Waals surface area contributed by atoms with Crippen LogP contribution in [-0.4, -0.2) is 96.0 Å². The van der Waals surface area contributed by atoms with Gasteiger partial charge in [-0.05, 0) is 12.8 Å². The van der Waals surface area contributed by atoms with Crippen molar-refractivity contribution in [3.8, 4) is 0 Å². The summed E-state index contributed by atoms with van der Waals surface area (Å²) in [4.78, 5) is 25.6. The summed E-state index contributed by atoms with van der Waals surface area (Å²) in [6.45, 7) is 3.84. The molecule has 0 bridgehead atoms. The van der Waals surface area contributed by atoms with Crippen LogP contribution in [0.5, 0.6) is 0 Å². The van der Waals surface area contributed by atoms with Crippen molar-refractivity contribution in [2.45, 2.75) is 333 Å². The minimum atomic E-state index is -4.60. The predicted molar refractivity (Wildman–Crippen MR) is 284 cm³/mol. The summed E-state index contributed by atoms with van der Waals surface area (Å²) in [5, 5.41) is 31.1. The summed E-state index contributed by atoms with van der Waals surface area (Å²) in [6.07, 6.45) is 44.3. The molecule has 0 aromatic carbocycles. The van der Waals surface area contributed by atoms with Crippen LogP contribution in [0.3, 0.4) is 0 Å². The first-order chi connectivity index (χ1) is 34.0. The predicted octanol–water partition coefficient (Wildman–Crippen LogP) is 14.4. The molecule has 6 atom stereocenters. The number of unbranched alkanes of at least 4 members (excludes halogenated alkanes) is 40. The second-order valence-electron chi connectivity index (χ2n) is 21.0. The summed E-state index contributed by atoms with van der Waals surface area (Å²) >= 11 is 0. The molecule has 4 N–H and O–H groups in total. The van der Waals surface area contributed by atoms with Gasteiger partial charge in [-0.25, -0.2) is 0 Å². The van der Waals surface area contributed by atoms with Crippen LogP contribution in [-0.2, 0) is 38.7 Å². The Labute approximate surface area is 429 Å². The Hall–Kier alpha value is -1.35. The van der Waals surface area contributed by atoms with Gasteiger partial charge in [0.2, 0.25) is 0 Å². The summed E-state index contributed by atoms with van der Waals surface area (Å²) in [6, 6.07) is 0. The fraction of sp³-hybridized carbons (Fsp3) is 0.965. The Morgan fingerprint density at radius 1 is 0.429 bits per heavy atom. The topological polar surface area (TPSA) is 186 Å². The zero-order valence-corrected chi connectivity index (χ0v) is 46.0. The lowest BCUT2D eigenvalue weighted by Crippen LogP contribution is -2.60. The fourth-order valence-electron chi connectivity index (χ4n) is 9.62. The number of esters is 2. The average Bonchev–Trinajstić information content (AvgIpc) is 3.33. The number of hydrogen-bond donors (Lipinski definition) is 4. The first-order valence-electron chi connectivity index (χ1n) is 29.6. The lowest BCUT2D eigenvalue weighted by atomic mass is 10.00. The molecule has 13 heteroatoms. The Morgan fingerprint density at radius 2 is 0.729 bits per heavy atom. The number of ether oxygens (including phenoxy) is 4. The maximum Gasteiger partial charge on any atom is 0.306 e. The molecule has 1 heterocycles. The largest absolute Gasteiger partial charge is 0.462 e. The highest BCUT2D eigenvalue weighted by Crippen LogP contribution is 2.24. The Balaban J connectivity index is 2.28. The van der Waals surface area contributed by atoms with Gasteiger partial charge >= 0.3 is 11.9 Å². The quantitative estimate of drug-likeness (QED) is 0.0257. The molecule has 416 valence electrons. The van der Waals surface area contributed by atoms with Gasteiger partial charge in [-0.3, -0.25) is 14.1 Å². The van der Waals surface area contributed by atoms with E-state index in [1.165, 1.54) is 218 Å². The van der Waals surface area contributed by atoms with Crippen molar-refractivity contribution in [1.29, 1.82) is 0 Å². The van der Waals surface area contributed by atoms with Crippen LogP contribution < -0.4 is 0 Å². The first kappa shape index (κ1) is 66.7. The van der Waals surface area contributed by atoms with E-state index in [-0.39, 0.29) is 19.4 Å². The molecular formula is C57H110O12S. The summed E-state index contributed by atoms with van der Waals surface area (Å²) in [5.41, 5.74) is 0. The smallest absolute Gasteiger partial charge is 0.306 e. The molecule has 0 aromatic rings. The molecule has 1 fully saturated rings. The molecule has 0 radical (unpaired) electrons. The molecule has 12 nitrogen and oxygen atoms in total. The molecular weight excluding hydrogens is 909 g/mol. The maximum absolute atomic E-state index is 12.9. The number of aliphatic hydroxyl groups excluding tert-OH is 3. The minimum absolute atomic E-state index is 0.173. The molecule has 0 aromatic heterocycles. The summed E-state index contributed by atoms with van der Waals surface area (Å²) in [5.74, 6) is -1.95. The molecule has 1 aliphatic rings. The lowest BCUT2D eigenvalue weighted by Gasteiger charge is -2.40. The normalized spacial score (nSPS) is 18.9. The number of rotatable bonds is 52. The zero-order valence-electron chi connectivity index (χ0n) is 45.2. The fourth-order valence-corrected chi connectivity index (χ4v) is 10.3. The second-order valence-corrected chi connectivity index (χ2v) is 22.5. The zero-order chi connectivity index (χ0) is 51.2. The third-order valence-corrected chi connectivity index (χ3v) is 14.9. The SMILES string of the molecule is CCCCCCCCCCCCCCCCCCCCCCCCC(=O)OC(COC(=O)CCCCCCCCCCCCCCCCCCCCCC)COC1OC(CS(=O)(=O)O)C(O)C(O)C1O. The maximum atomic E-state index is 12.9. The number of hydrogen-bond acceptors (Lipinski definition) is 11. The Bertz CT molecular complexity index is 1280. The van der Waals surface area contributed by atoms with E-state index in [1.807, 2.05) is 0 Å². The molecule has 0 spiro atoms. The van der Waals surface area contributed by atoms with Crippen LogP contribution in [0.1, 0.15) is 296 Å². The summed E-state index contributed by atoms with van der Waals surface area (Å²) in [7, 11) is -4.60. The molecule has 0 saturated carbocycles. The minimum Gasteiger partial charge on any atom is -0.462 e. The number of carbonyl (C=O) groups is 2. The van der Waals surface area contributed by atoms with E-state index in [2.05, 4.69) is 13.8 Å². The van der Waals surface area contributed by atoms with Crippen molar-refractivity contribution in [2.24, 2.45) is 0 Å². The van der Waals surface area contributed by atoms with Gasteiger partial charge in [0.15, 0.2) is 12.4 Å². The van der Waals surface area contributed by atoms with E-state index in [0.717, 1.165) is 38.5 Å². The molecule has 0 amide bonds. The van der Waals surface area contributed by atoms with Crippen molar-refractivity contribution < 1.29 is 56.8 Å². The van der Waals surface area contributed by atoms with E-state index < -0.39 is 71.2 Å². The van der Waals surface area contributed by atoms with Gasteiger partial charge in [-0.15, -0.1) is 0 Å². The van der Waals surface area contributed by atoms with E-state index in [0.29, 0.717) is 12.8 Å². The highest BCUT2D eigenvalue weighted by Gasteiger charge is 2.46. The van der Waals surface area contributed by atoms with Crippen LogP contribution in [0.2, 0.25) is 0 Å². The molecule has 6 unspecified atom stereocenters. The van der Waals surface area contributed by atoms with E-state index in [4.69, 9.17) is 18.9 Å². The first-order valence-corrected chi connectivity index (χ1v) is 31.2. The highest BCUT2D eigenvalue weighted by molar-refractivity contribution is 7.85. The highest BCUT2D eigenvalue weighted by atomic mass is 32.2. The van der Waals surface area contributed by atoms with E-state index in [9.17, 15) is 37.9 Å².